The molecule has 0 aliphatic rings. The first-order valence-corrected chi connectivity index (χ1v) is 10.3. The number of methoxy groups -OCH3 is 3. The molecule has 0 aliphatic carbocycles. The van der Waals surface area contributed by atoms with Gasteiger partial charge in [0.25, 0.3) is 10.0 Å². The van der Waals surface area contributed by atoms with Crippen LogP contribution in [0.3, 0.4) is 0 Å². The molecule has 3 aromatic rings. The molecular formula is C20H23FN2O5S. The van der Waals surface area contributed by atoms with Gasteiger partial charge in [-0.25, -0.2) is 4.39 Å². The van der Waals surface area contributed by atoms with Crippen LogP contribution in [0, 0.1) is 0 Å². The van der Waals surface area contributed by atoms with Crippen LogP contribution in [0.2, 0.25) is 0 Å². The number of aromatic nitrogens is 1. The third-order valence-corrected chi connectivity index (χ3v) is 6.58. The van der Waals surface area contributed by atoms with Crippen LogP contribution in [0.5, 0.6) is 17.2 Å². The van der Waals surface area contributed by atoms with Gasteiger partial charge in [-0.15, -0.1) is 0 Å². The molecule has 0 amide bonds. The molecule has 29 heavy (non-hydrogen) atoms. The lowest BCUT2D eigenvalue weighted by Gasteiger charge is -2.25. The highest BCUT2D eigenvalue weighted by molar-refractivity contribution is 7.92. The third-order valence-electron chi connectivity index (χ3n) is 4.69. The molecule has 0 atom stereocenters. The van der Waals surface area contributed by atoms with Crippen LogP contribution in [0.15, 0.2) is 47.5 Å². The molecule has 0 saturated carbocycles. The predicted molar refractivity (Wildman–Crippen MR) is 110 cm³/mol. The van der Waals surface area contributed by atoms with E-state index in [1.54, 1.807) is 17.7 Å². The second kappa shape index (κ2) is 8.20. The Kier molecular flexibility index (Phi) is 5.88. The van der Waals surface area contributed by atoms with Gasteiger partial charge in [0.1, 0.15) is 6.67 Å². The zero-order chi connectivity index (χ0) is 21.2. The largest absolute Gasteiger partial charge is 0.493 e. The third kappa shape index (κ3) is 3.57. The number of sulfonamides is 1. The van der Waals surface area contributed by atoms with E-state index in [9.17, 15) is 12.8 Å². The van der Waals surface area contributed by atoms with Crippen molar-refractivity contribution in [3.63, 3.8) is 0 Å². The van der Waals surface area contributed by atoms with Gasteiger partial charge in [-0.2, -0.15) is 8.42 Å². The predicted octanol–water partition coefficient (Wildman–Crippen LogP) is 3.37. The van der Waals surface area contributed by atoms with Crippen molar-refractivity contribution < 1.29 is 27.0 Å². The molecule has 156 valence electrons. The highest BCUT2D eigenvalue weighted by Crippen LogP contribution is 2.42. The molecule has 0 bridgehead atoms. The molecule has 1 heterocycles. The van der Waals surface area contributed by atoms with Crippen LogP contribution in [-0.4, -0.2) is 47.5 Å². The van der Waals surface area contributed by atoms with Gasteiger partial charge in [0.15, 0.2) is 16.5 Å². The van der Waals surface area contributed by atoms with Crippen LogP contribution in [0.25, 0.3) is 10.9 Å². The first-order chi connectivity index (χ1) is 13.9. The van der Waals surface area contributed by atoms with Crippen molar-refractivity contribution in [1.29, 1.82) is 0 Å². The quantitative estimate of drug-likeness (QED) is 0.557. The average molecular weight is 422 g/mol. The molecule has 0 fully saturated rings. The van der Waals surface area contributed by atoms with Crippen LogP contribution < -0.4 is 18.5 Å². The van der Waals surface area contributed by atoms with Crippen LogP contribution in [0.1, 0.15) is 0 Å². The summed E-state index contributed by atoms with van der Waals surface area (Å²) in [6.45, 7) is -1.22. The number of hydrogen-bond acceptors (Lipinski definition) is 5. The van der Waals surface area contributed by atoms with Crippen molar-refractivity contribution in [2.24, 2.45) is 7.05 Å². The molecule has 0 aliphatic heterocycles. The smallest absolute Gasteiger partial charge is 0.280 e. The Morgan fingerprint density at radius 1 is 1.00 bits per heavy atom. The SMILES string of the molecule is COc1cc(N(CCF)S(=O)(=O)c2cc3ccccc3n2C)cc(OC)c1OC. The lowest BCUT2D eigenvalue weighted by Crippen LogP contribution is -2.34. The Morgan fingerprint density at radius 2 is 1.62 bits per heavy atom. The van der Waals surface area contributed by atoms with Crippen LogP contribution in [-0.2, 0) is 17.1 Å². The van der Waals surface area contributed by atoms with Crippen molar-refractivity contribution >= 4 is 26.6 Å². The fraction of sp³-hybridized carbons (Fsp3) is 0.300. The monoisotopic (exact) mass is 422 g/mol. The molecule has 7 nitrogen and oxygen atoms in total. The van der Waals surface area contributed by atoms with Gasteiger partial charge < -0.3 is 18.8 Å². The molecule has 0 unspecified atom stereocenters. The Hall–Kier alpha value is -2.94. The summed E-state index contributed by atoms with van der Waals surface area (Å²) in [7, 11) is 1.90. The Balaban J connectivity index is 2.20. The zero-order valence-electron chi connectivity index (χ0n) is 16.7. The lowest BCUT2D eigenvalue weighted by molar-refractivity contribution is 0.324. The highest BCUT2D eigenvalue weighted by atomic mass is 32.2. The van der Waals surface area contributed by atoms with E-state index in [4.69, 9.17) is 14.2 Å². The second-order valence-electron chi connectivity index (χ2n) is 6.25. The lowest BCUT2D eigenvalue weighted by atomic mass is 10.2. The van der Waals surface area contributed by atoms with Gasteiger partial charge in [0, 0.05) is 30.1 Å². The molecule has 0 N–H and O–H groups in total. The number of fused-ring (bicyclic) bond motifs is 1. The van der Waals surface area contributed by atoms with E-state index >= 15 is 0 Å². The molecule has 2 aromatic carbocycles. The molecule has 9 heteroatoms. The van der Waals surface area contributed by atoms with Crippen molar-refractivity contribution in [2.45, 2.75) is 5.03 Å². The summed E-state index contributed by atoms with van der Waals surface area (Å²) in [5.41, 5.74) is 0.971. The van der Waals surface area contributed by atoms with Gasteiger partial charge in [-0.05, 0) is 12.1 Å². The maximum Gasteiger partial charge on any atom is 0.280 e. The summed E-state index contributed by atoms with van der Waals surface area (Å²) in [6, 6.07) is 11.9. The number of alkyl halides is 1. The maximum atomic E-state index is 13.5. The van der Waals surface area contributed by atoms with E-state index in [1.165, 1.54) is 33.5 Å². The van der Waals surface area contributed by atoms with E-state index in [0.29, 0.717) is 5.75 Å². The minimum atomic E-state index is -4.07. The molecule has 0 radical (unpaired) electrons. The summed E-state index contributed by atoms with van der Waals surface area (Å²) >= 11 is 0. The average Bonchev–Trinajstić information content (AvgIpc) is 3.08. The van der Waals surface area contributed by atoms with Crippen molar-refractivity contribution in [3.05, 3.63) is 42.5 Å². The number of ether oxygens (including phenoxy) is 3. The Bertz CT molecular complexity index is 1100. The zero-order valence-corrected chi connectivity index (χ0v) is 17.5. The molecule has 0 spiro atoms. The van der Waals surface area contributed by atoms with E-state index < -0.39 is 16.7 Å². The number of aryl methyl sites for hydroxylation is 1. The molecule has 3 rings (SSSR count). The highest BCUT2D eigenvalue weighted by Gasteiger charge is 2.30. The summed E-state index contributed by atoms with van der Waals surface area (Å²) in [5, 5.41) is 0.833. The van der Waals surface area contributed by atoms with Crippen molar-refractivity contribution in [2.75, 3.05) is 38.9 Å². The first-order valence-electron chi connectivity index (χ1n) is 8.82. The Morgan fingerprint density at radius 3 is 2.14 bits per heavy atom. The van der Waals surface area contributed by atoms with Crippen molar-refractivity contribution in [3.8, 4) is 17.2 Å². The summed E-state index contributed by atoms with van der Waals surface area (Å²) in [5.74, 6) is 0.872. The van der Waals surface area contributed by atoms with Crippen LogP contribution in [0.4, 0.5) is 10.1 Å². The standard InChI is InChI=1S/C20H23FN2O5S/c1-22-16-8-6-5-7-14(16)11-19(22)29(24,25)23(10-9-21)15-12-17(26-2)20(28-4)18(13-15)27-3/h5-8,11-13H,9-10H2,1-4H3. The maximum absolute atomic E-state index is 13.5. The van der Waals surface area contributed by atoms with Gasteiger partial charge >= 0.3 is 0 Å². The van der Waals surface area contributed by atoms with Gasteiger partial charge in [0.05, 0.1) is 33.6 Å². The summed E-state index contributed by atoms with van der Waals surface area (Å²) in [4.78, 5) is 0. The number of nitrogens with zero attached hydrogens (tertiary/aromatic N) is 2. The van der Waals surface area contributed by atoms with Gasteiger partial charge in [-0.1, -0.05) is 18.2 Å². The minimum absolute atomic E-state index is 0.0564. The summed E-state index contributed by atoms with van der Waals surface area (Å²) < 4.78 is 58.9. The van der Waals surface area contributed by atoms with Gasteiger partial charge in [0.2, 0.25) is 5.75 Å². The topological polar surface area (TPSA) is 70.0 Å². The number of anilines is 1. The molecular weight excluding hydrogens is 399 g/mol. The van der Waals surface area contributed by atoms with E-state index in [1.807, 2.05) is 24.3 Å². The van der Waals surface area contributed by atoms with E-state index in [2.05, 4.69) is 0 Å². The fourth-order valence-electron chi connectivity index (χ4n) is 3.30. The second-order valence-corrected chi connectivity index (χ2v) is 8.06. The van der Waals surface area contributed by atoms with E-state index in [-0.39, 0.29) is 28.8 Å². The van der Waals surface area contributed by atoms with E-state index in [0.717, 1.165) is 15.2 Å². The van der Waals surface area contributed by atoms with Gasteiger partial charge in [-0.3, -0.25) is 4.31 Å². The Labute approximate surface area is 169 Å². The molecule has 1 aromatic heterocycles. The molecule has 0 saturated heterocycles. The number of hydrogen-bond donors (Lipinski definition) is 0. The number of benzene rings is 2. The van der Waals surface area contributed by atoms with Crippen molar-refractivity contribution in [1.82, 2.24) is 4.57 Å². The minimum Gasteiger partial charge on any atom is -0.493 e. The first kappa shape index (κ1) is 20.8. The van der Waals surface area contributed by atoms with Crippen LogP contribution >= 0.6 is 0 Å². The normalized spacial score (nSPS) is 11.5. The fourth-order valence-corrected chi connectivity index (χ4v) is 4.94. The summed E-state index contributed by atoms with van der Waals surface area (Å²) in [6.07, 6.45) is 0. The number of halogens is 1. The number of rotatable bonds is 8. The number of para-hydroxylation sites is 1.